The van der Waals surface area contributed by atoms with E-state index in [2.05, 4.69) is 5.32 Å². The number of nitrogens with one attached hydrogen (secondary N) is 1. The summed E-state index contributed by atoms with van der Waals surface area (Å²) in [5.41, 5.74) is 0.774. The number of benzene rings is 1. The van der Waals surface area contributed by atoms with Gasteiger partial charge in [-0.2, -0.15) is 0 Å². The predicted molar refractivity (Wildman–Crippen MR) is 122 cm³/mol. The third kappa shape index (κ3) is 5.20. The summed E-state index contributed by atoms with van der Waals surface area (Å²) in [6.07, 6.45) is 6.85. The number of furan rings is 1. The lowest BCUT2D eigenvalue weighted by molar-refractivity contribution is -0.127. The van der Waals surface area contributed by atoms with E-state index in [1.807, 2.05) is 29.6 Å². The molecular weight excluding hydrogens is 432 g/mol. The van der Waals surface area contributed by atoms with Crippen LogP contribution in [-0.4, -0.2) is 22.8 Å². The number of thiophene rings is 1. The fraction of sp³-hybridized carbons (Fsp3) is 0.333. The number of amides is 2. The predicted octanol–water partition coefficient (Wildman–Crippen LogP) is 5.83. The van der Waals surface area contributed by atoms with E-state index in [9.17, 15) is 9.59 Å². The first kappa shape index (κ1) is 21.7. The van der Waals surface area contributed by atoms with Crippen molar-refractivity contribution in [3.05, 3.63) is 81.4 Å². The summed E-state index contributed by atoms with van der Waals surface area (Å²) in [7, 11) is 0. The zero-order valence-corrected chi connectivity index (χ0v) is 18.7. The fourth-order valence-electron chi connectivity index (χ4n) is 4.03. The van der Waals surface area contributed by atoms with Crippen molar-refractivity contribution in [1.82, 2.24) is 10.2 Å². The van der Waals surface area contributed by atoms with Crippen LogP contribution in [0.2, 0.25) is 5.02 Å². The maximum atomic E-state index is 13.5. The summed E-state index contributed by atoms with van der Waals surface area (Å²) in [5.74, 6) is -0.0146. The molecule has 5 nitrogen and oxygen atoms in total. The Balaban J connectivity index is 1.69. The second-order valence-electron chi connectivity index (χ2n) is 7.76. The molecule has 0 spiro atoms. The first-order chi connectivity index (χ1) is 15.1. The molecule has 2 heterocycles. The van der Waals surface area contributed by atoms with Gasteiger partial charge >= 0.3 is 0 Å². The van der Waals surface area contributed by atoms with Crippen LogP contribution < -0.4 is 5.32 Å². The Bertz CT molecular complexity index is 998. The van der Waals surface area contributed by atoms with E-state index in [4.69, 9.17) is 16.0 Å². The maximum absolute atomic E-state index is 13.5. The Kier molecular flexibility index (Phi) is 7.10. The molecule has 0 bridgehead atoms. The van der Waals surface area contributed by atoms with E-state index in [-0.39, 0.29) is 24.4 Å². The Labute approximate surface area is 191 Å². The summed E-state index contributed by atoms with van der Waals surface area (Å²) in [6, 6.07) is 13.7. The van der Waals surface area contributed by atoms with Gasteiger partial charge in [0.15, 0.2) is 6.04 Å². The van der Waals surface area contributed by atoms with E-state index in [0.717, 1.165) is 31.2 Å². The quantitative estimate of drug-likeness (QED) is 0.486. The average molecular weight is 457 g/mol. The second kappa shape index (κ2) is 10.2. The van der Waals surface area contributed by atoms with Gasteiger partial charge in [-0.1, -0.05) is 55.1 Å². The second-order valence-corrected chi connectivity index (χ2v) is 9.12. The number of hydrogen-bond acceptors (Lipinski definition) is 4. The van der Waals surface area contributed by atoms with Gasteiger partial charge in [0.05, 0.1) is 11.1 Å². The highest BCUT2D eigenvalue weighted by atomic mass is 35.5. The fourth-order valence-corrected chi connectivity index (χ4v) is 4.90. The van der Waals surface area contributed by atoms with Crippen LogP contribution in [0.25, 0.3) is 0 Å². The van der Waals surface area contributed by atoms with Crippen LogP contribution in [0.3, 0.4) is 0 Å². The third-order valence-corrected chi connectivity index (χ3v) is 6.84. The lowest BCUT2D eigenvalue weighted by Crippen LogP contribution is -2.46. The maximum Gasteiger partial charge on any atom is 0.265 e. The number of carbonyl (C=O) groups is 2. The van der Waals surface area contributed by atoms with E-state index in [0.29, 0.717) is 15.7 Å². The molecule has 0 radical (unpaired) electrons. The average Bonchev–Trinajstić information content (AvgIpc) is 3.50. The van der Waals surface area contributed by atoms with Gasteiger partial charge in [-0.15, -0.1) is 11.3 Å². The molecule has 0 aliphatic heterocycles. The number of carbonyl (C=O) groups excluding carboxylic acids is 2. The lowest BCUT2D eigenvalue weighted by Gasteiger charge is -2.32. The summed E-state index contributed by atoms with van der Waals surface area (Å²) in [5, 5.41) is 5.57. The van der Waals surface area contributed by atoms with Crippen molar-refractivity contribution < 1.29 is 14.0 Å². The molecule has 1 aliphatic rings. The zero-order valence-electron chi connectivity index (χ0n) is 17.1. The van der Waals surface area contributed by atoms with Crippen LogP contribution in [0.1, 0.15) is 59.1 Å². The van der Waals surface area contributed by atoms with Gasteiger partial charge in [-0.3, -0.25) is 9.59 Å². The molecule has 4 rings (SSSR count). The van der Waals surface area contributed by atoms with Crippen molar-refractivity contribution in [3.8, 4) is 0 Å². The van der Waals surface area contributed by atoms with Crippen molar-refractivity contribution in [2.45, 2.75) is 50.7 Å². The van der Waals surface area contributed by atoms with Gasteiger partial charge in [-0.05, 0) is 48.1 Å². The van der Waals surface area contributed by atoms with Crippen molar-refractivity contribution in [2.24, 2.45) is 0 Å². The molecule has 2 aromatic heterocycles. The van der Waals surface area contributed by atoms with Crippen LogP contribution in [0.5, 0.6) is 0 Å². The molecule has 2 amide bonds. The molecule has 1 N–H and O–H groups in total. The molecular formula is C24H25ClN2O3S. The number of rotatable bonds is 7. The van der Waals surface area contributed by atoms with Crippen molar-refractivity contribution >= 4 is 34.8 Å². The molecule has 1 aromatic carbocycles. The normalized spacial score (nSPS) is 15.4. The molecule has 7 heteroatoms. The van der Waals surface area contributed by atoms with Gasteiger partial charge in [0.1, 0.15) is 5.76 Å². The molecule has 1 fully saturated rings. The van der Waals surface area contributed by atoms with Crippen LogP contribution >= 0.6 is 22.9 Å². The Morgan fingerprint density at radius 1 is 1.10 bits per heavy atom. The molecule has 0 saturated heterocycles. The molecule has 1 aliphatic carbocycles. The van der Waals surface area contributed by atoms with Crippen molar-refractivity contribution in [3.63, 3.8) is 0 Å². The van der Waals surface area contributed by atoms with E-state index in [1.54, 1.807) is 29.2 Å². The van der Waals surface area contributed by atoms with Crippen molar-refractivity contribution in [2.75, 3.05) is 0 Å². The van der Waals surface area contributed by atoms with Gasteiger partial charge in [0.25, 0.3) is 11.8 Å². The summed E-state index contributed by atoms with van der Waals surface area (Å²) >= 11 is 7.75. The molecule has 31 heavy (non-hydrogen) atoms. The topological polar surface area (TPSA) is 62.6 Å². The Hall–Kier alpha value is -2.57. The standard InChI is InChI=1S/C24H25ClN2O3S/c25-19-11-5-4-8-17(19)16-27(24(29)21-13-7-15-31-21)22(20-12-6-14-30-20)23(28)26-18-9-2-1-3-10-18/h4-8,11-15,18,22H,1-3,9-10,16H2,(H,26,28). The highest BCUT2D eigenvalue weighted by Crippen LogP contribution is 2.30. The number of hydrogen-bond donors (Lipinski definition) is 1. The zero-order chi connectivity index (χ0) is 21.6. The van der Waals surface area contributed by atoms with E-state index < -0.39 is 6.04 Å². The van der Waals surface area contributed by atoms with Crippen LogP contribution in [0, 0.1) is 0 Å². The van der Waals surface area contributed by atoms with Gasteiger partial charge in [0.2, 0.25) is 0 Å². The first-order valence-corrected chi connectivity index (χ1v) is 11.8. The van der Waals surface area contributed by atoms with Crippen molar-refractivity contribution in [1.29, 1.82) is 0 Å². The number of halogens is 1. The van der Waals surface area contributed by atoms with Crippen LogP contribution in [-0.2, 0) is 11.3 Å². The minimum Gasteiger partial charge on any atom is -0.467 e. The van der Waals surface area contributed by atoms with Gasteiger partial charge < -0.3 is 14.6 Å². The molecule has 3 aromatic rings. The smallest absolute Gasteiger partial charge is 0.265 e. The Morgan fingerprint density at radius 2 is 1.90 bits per heavy atom. The number of nitrogens with zero attached hydrogens (tertiary/aromatic N) is 1. The molecule has 1 saturated carbocycles. The third-order valence-electron chi connectivity index (χ3n) is 5.62. The molecule has 1 unspecified atom stereocenters. The Morgan fingerprint density at radius 3 is 2.58 bits per heavy atom. The monoisotopic (exact) mass is 456 g/mol. The van der Waals surface area contributed by atoms with Gasteiger partial charge in [-0.25, -0.2) is 0 Å². The molecule has 1 atom stereocenters. The minimum absolute atomic E-state index is 0.123. The lowest BCUT2D eigenvalue weighted by atomic mass is 9.95. The SMILES string of the molecule is O=C(NC1CCCCC1)C(c1ccco1)N(Cc1ccccc1Cl)C(=O)c1cccs1. The highest BCUT2D eigenvalue weighted by molar-refractivity contribution is 7.12. The van der Waals surface area contributed by atoms with E-state index in [1.165, 1.54) is 24.0 Å². The summed E-state index contributed by atoms with van der Waals surface area (Å²) in [6.45, 7) is 0.194. The summed E-state index contributed by atoms with van der Waals surface area (Å²) in [4.78, 5) is 29.2. The van der Waals surface area contributed by atoms with E-state index >= 15 is 0 Å². The van der Waals surface area contributed by atoms with Crippen LogP contribution in [0.15, 0.2) is 64.6 Å². The summed E-state index contributed by atoms with van der Waals surface area (Å²) < 4.78 is 5.64. The minimum atomic E-state index is -0.886. The largest absolute Gasteiger partial charge is 0.467 e. The first-order valence-electron chi connectivity index (χ1n) is 10.5. The van der Waals surface area contributed by atoms with Crippen LogP contribution in [0.4, 0.5) is 0 Å². The highest BCUT2D eigenvalue weighted by Gasteiger charge is 2.36. The van der Waals surface area contributed by atoms with Gasteiger partial charge in [0, 0.05) is 17.6 Å². The molecule has 162 valence electrons.